The van der Waals surface area contributed by atoms with Crippen molar-refractivity contribution in [1.82, 2.24) is 0 Å². The number of benzene rings is 1. The van der Waals surface area contributed by atoms with E-state index in [1.807, 2.05) is 0 Å². The Labute approximate surface area is 62.2 Å². The summed E-state index contributed by atoms with van der Waals surface area (Å²) in [7, 11) is -0.967. The van der Waals surface area contributed by atoms with Crippen molar-refractivity contribution in [3.05, 3.63) is 24.3 Å². The van der Waals surface area contributed by atoms with Crippen LogP contribution in [-0.2, 0) is 0 Å². The molecule has 0 aliphatic rings. The van der Waals surface area contributed by atoms with Crippen LogP contribution in [0.25, 0.3) is 0 Å². The fourth-order valence-electron chi connectivity index (χ4n) is 0.653. The SMILES string of the molecule is [2H]OB(O[2H])c1ccc(N)cc1. The maximum absolute atomic E-state index is 6.57. The number of nitrogens with two attached hydrogens (primary N) is 1. The Balaban J connectivity index is 2.80. The summed E-state index contributed by atoms with van der Waals surface area (Å²) < 4.78 is 13.1. The first-order valence-corrected chi connectivity index (χ1v) is 2.87. The molecule has 0 aliphatic heterocycles. The molecular weight excluding hydrogens is 129 g/mol. The van der Waals surface area contributed by atoms with Gasteiger partial charge in [-0.1, -0.05) is 12.1 Å². The monoisotopic (exact) mass is 139 g/mol. The molecule has 0 spiro atoms. The molecule has 0 aromatic heterocycles. The van der Waals surface area contributed by atoms with Gasteiger partial charge in [-0.3, -0.25) is 0 Å². The first kappa shape index (κ1) is 4.76. The van der Waals surface area contributed by atoms with Crippen LogP contribution < -0.4 is 11.2 Å². The van der Waals surface area contributed by atoms with E-state index < -0.39 is 7.12 Å². The van der Waals surface area contributed by atoms with E-state index in [1.54, 1.807) is 24.3 Å². The van der Waals surface area contributed by atoms with Gasteiger partial charge >= 0.3 is 7.12 Å². The highest BCUT2D eigenvalue weighted by Crippen LogP contribution is 1.95. The van der Waals surface area contributed by atoms with Crippen LogP contribution in [-0.4, -0.2) is 20.0 Å². The fourth-order valence-corrected chi connectivity index (χ4v) is 0.653. The predicted octanol–water partition coefficient (Wildman–Crippen LogP) is -1.05. The van der Waals surface area contributed by atoms with Crippen LogP contribution in [0.2, 0.25) is 0 Å². The summed E-state index contributed by atoms with van der Waals surface area (Å²) in [5.41, 5.74) is 6.64. The first-order chi connectivity index (χ1) is 5.77. The Kier molecular flexibility index (Phi) is 1.30. The van der Waals surface area contributed by atoms with Gasteiger partial charge < -0.3 is 15.8 Å². The smallest absolute Gasteiger partial charge is 0.423 e. The van der Waals surface area contributed by atoms with Crippen molar-refractivity contribution in [3.63, 3.8) is 0 Å². The summed E-state index contributed by atoms with van der Waals surface area (Å²) in [5, 5.41) is 8.25. The molecule has 0 radical (unpaired) electrons. The Morgan fingerprint density at radius 1 is 1.30 bits per heavy atom. The van der Waals surface area contributed by atoms with Gasteiger partial charge in [-0.15, -0.1) is 0 Å². The molecule has 1 aromatic rings. The number of nitrogen functional groups attached to an aromatic ring is 1. The van der Waals surface area contributed by atoms with Crippen LogP contribution in [0, 0.1) is 0 Å². The van der Waals surface area contributed by atoms with Crippen molar-refractivity contribution in [2.75, 3.05) is 5.73 Å². The molecule has 0 aliphatic carbocycles. The fraction of sp³-hybridized carbons (Fsp3) is 0. The second kappa shape index (κ2) is 2.73. The standard InChI is InChI=1S/C6H8BNO2/c8-6-3-1-5(2-4-6)7(9)10/h1-4,9-10H,8H2/i9D,10D. The zero-order valence-electron chi connectivity index (χ0n) is 7.28. The Bertz CT molecular complexity index is 240. The largest absolute Gasteiger partial charge is 0.488 e. The third-order valence-electron chi connectivity index (χ3n) is 1.21. The van der Waals surface area contributed by atoms with E-state index in [0.717, 1.165) is 0 Å². The van der Waals surface area contributed by atoms with E-state index in [9.17, 15) is 0 Å². The molecule has 1 aromatic carbocycles. The third kappa shape index (κ3) is 1.49. The summed E-state index contributed by atoms with van der Waals surface area (Å²) in [4.78, 5) is 0. The minimum absolute atomic E-state index is 0.592. The maximum Gasteiger partial charge on any atom is 0.488 e. The highest BCUT2D eigenvalue weighted by Gasteiger charge is 2.08. The van der Waals surface area contributed by atoms with Gasteiger partial charge in [-0.2, -0.15) is 0 Å². The average Bonchev–Trinajstić information content (AvgIpc) is 2.10. The number of hydrogen-bond acceptors (Lipinski definition) is 3. The number of anilines is 1. The molecule has 0 fully saturated rings. The lowest BCUT2D eigenvalue weighted by molar-refractivity contribution is 0.426. The maximum atomic E-state index is 6.57. The zero-order chi connectivity index (χ0) is 8.97. The predicted molar refractivity (Wildman–Crippen MR) is 40.7 cm³/mol. The van der Waals surface area contributed by atoms with E-state index in [-0.39, 0.29) is 0 Å². The van der Waals surface area contributed by atoms with Crippen molar-refractivity contribution < 1.29 is 10.1 Å². The normalized spacial score (nSPS) is 12.0. The van der Waals surface area contributed by atoms with Gasteiger partial charge in [0.15, 0.2) is 2.86 Å². The summed E-state index contributed by atoms with van der Waals surface area (Å²) >= 11 is 0. The minimum Gasteiger partial charge on any atom is -0.423 e. The lowest BCUT2D eigenvalue weighted by atomic mass is 9.80. The summed E-state index contributed by atoms with van der Waals surface area (Å²) in [5.74, 6) is 0. The van der Waals surface area contributed by atoms with Crippen molar-refractivity contribution in [1.29, 1.82) is 2.86 Å². The third-order valence-corrected chi connectivity index (χ3v) is 1.21. The molecule has 0 amide bonds. The van der Waals surface area contributed by atoms with Crippen LogP contribution in [0.3, 0.4) is 0 Å². The van der Waals surface area contributed by atoms with Crippen LogP contribution in [0.15, 0.2) is 24.3 Å². The van der Waals surface area contributed by atoms with Gasteiger partial charge in [-0.25, -0.2) is 0 Å². The summed E-state index contributed by atoms with van der Waals surface area (Å²) in [6, 6.07) is 6.59. The Morgan fingerprint density at radius 2 is 1.90 bits per heavy atom. The molecule has 4 N–H and O–H groups in total. The van der Waals surface area contributed by atoms with E-state index in [4.69, 9.17) is 8.60 Å². The molecule has 0 saturated heterocycles. The van der Waals surface area contributed by atoms with Gasteiger partial charge in [0.2, 0.25) is 0 Å². The molecule has 52 valence electrons. The molecular formula is C6H8BNO2. The van der Waals surface area contributed by atoms with Crippen LogP contribution >= 0.6 is 0 Å². The van der Waals surface area contributed by atoms with Crippen molar-refractivity contribution >= 4 is 18.3 Å². The molecule has 10 heavy (non-hydrogen) atoms. The lowest BCUT2D eigenvalue weighted by Gasteiger charge is -1.97. The molecule has 3 nitrogen and oxygen atoms in total. The van der Waals surface area contributed by atoms with Crippen molar-refractivity contribution in [3.8, 4) is 0 Å². The van der Waals surface area contributed by atoms with Crippen LogP contribution in [0.5, 0.6) is 0 Å². The van der Waals surface area contributed by atoms with Gasteiger partial charge in [0, 0.05) is 5.69 Å². The van der Waals surface area contributed by atoms with E-state index >= 15 is 0 Å². The summed E-state index contributed by atoms with van der Waals surface area (Å²) in [6.07, 6.45) is 0. The Hall–Kier alpha value is -0.995. The average molecular weight is 139 g/mol. The quantitative estimate of drug-likeness (QED) is 0.369. The van der Waals surface area contributed by atoms with E-state index in [0.29, 0.717) is 11.2 Å². The second-order valence-corrected chi connectivity index (χ2v) is 2.00. The molecule has 0 bridgehead atoms. The number of hydrogen-bond donors (Lipinski definition) is 3. The van der Waals surface area contributed by atoms with E-state index in [2.05, 4.69) is 10.1 Å². The van der Waals surface area contributed by atoms with Gasteiger partial charge in [0.25, 0.3) is 0 Å². The minimum atomic E-state index is -0.967. The second-order valence-electron chi connectivity index (χ2n) is 2.00. The van der Waals surface area contributed by atoms with Gasteiger partial charge in [-0.05, 0) is 17.6 Å². The highest BCUT2D eigenvalue weighted by atomic mass is 16.4. The number of rotatable bonds is 3. The first-order valence-electron chi connectivity index (χ1n) is 3.69. The van der Waals surface area contributed by atoms with Crippen molar-refractivity contribution in [2.45, 2.75) is 0 Å². The molecule has 0 unspecified atom stereocenters. The van der Waals surface area contributed by atoms with Gasteiger partial charge in [0.1, 0.15) is 0 Å². The zero-order valence-corrected chi connectivity index (χ0v) is 5.28. The van der Waals surface area contributed by atoms with Crippen LogP contribution in [0.1, 0.15) is 0 Å². The lowest BCUT2D eigenvalue weighted by Crippen LogP contribution is -2.29. The summed E-state index contributed by atoms with van der Waals surface area (Å²) in [6.45, 7) is 0. The van der Waals surface area contributed by atoms with Crippen molar-refractivity contribution in [2.24, 2.45) is 0 Å². The van der Waals surface area contributed by atoms with E-state index in [1.165, 1.54) is 0 Å². The van der Waals surface area contributed by atoms with Crippen LogP contribution in [0.4, 0.5) is 5.69 Å². The molecule has 0 atom stereocenters. The Morgan fingerprint density at radius 3 is 2.40 bits per heavy atom. The molecule has 4 heteroatoms. The topological polar surface area (TPSA) is 66.5 Å². The molecule has 1 rings (SSSR count). The van der Waals surface area contributed by atoms with Gasteiger partial charge in [0.05, 0.1) is 0 Å². The molecule has 0 heterocycles. The molecule has 0 saturated carbocycles. The highest BCUT2D eigenvalue weighted by molar-refractivity contribution is 6.58.